The fourth-order valence-electron chi connectivity index (χ4n) is 11.3. The first kappa shape index (κ1) is 23.7. The first-order chi connectivity index (χ1) is 15.3. The van der Waals surface area contributed by atoms with Crippen LogP contribution in [0.3, 0.4) is 0 Å². The van der Waals surface area contributed by atoms with E-state index >= 15 is 0 Å². The van der Waals surface area contributed by atoms with E-state index in [1.54, 1.807) is 0 Å². The number of fused-ring (bicyclic) bond motifs is 4. The molecule has 0 aromatic heterocycles. The van der Waals surface area contributed by atoms with Gasteiger partial charge in [-0.15, -0.1) is 0 Å². The van der Waals surface area contributed by atoms with Crippen molar-refractivity contribution in [2.24, 2.45) is 63.6 Å². The molecular formula is C30H52O2. The van der Waals surface area contributed by atoms with Crippen LogP contribution in [-0.2, 0) is 4.74 Å². The minimum absolute atomic E-state index is 0.348. The summed E-state index contributed by atoms with van der Waals surface area (Å²) in [6.07, 6.45) is 16.1. The highest BCUT2D eigenvalue weighted by Crippen LogP contribution is 2.82. The Hall–Kier alpha value is -0.0800. The van der Waals surface area contributed by atoms with Gasteiger partial charge in [0.25, 0.3) is 0 Å². The molecule has 1 spiro atoms. The number of methoxy groups -OCH3 is 1. The molecule has 0 radical (unpaired) electrons. The summed E-state index contributed by atoms with van der Waals surface area (Å²) in [6, 6.07) is 0. The topological polar surface area (TPSA) is 29.5 Å². The molecule has 0 saturated heterocycles. The lowest BCUT2D eigenvalue weighted by atomic mass is 9.45. The molecule has 0 amide bonds. The molecule has 0 aromatic carbocycles. The Morgan fingerprint density at radius 3 is 2.44 bits per heavy atom. The third-order valence-corrected chi connectivity index (χ3v) is 13.2. The maximum atomic E-state index is 9.66. The van der Waals surface area contributed by atoms with Crippen LogP contribution in [0, 0.1) is 63.6 Å². The molecule has 5 aliphatic rings. The van der Waals surface area contributed by atoms with Gasteiger partial charge in [-0.25, -0.2) is 0 Å². The van der Waals surface area contributed by atoms with Crippen molar-refractivity contribution in [1.82, 2.24) is 0 Å². The summed E-state index contributed by atoms with van der Waals surface area (Å²) in [6.45, 7) is 12.9. The summed E-state index contributed by atoms with van der Waals surface area (Å²) in [5.74, 6) is 6.64. The van der Waals surface area contributed by atoms with E-state index in [-0.39, 0.29) is 0 Å². The third-order valence-electron chi connectivity index (χ3n) is 13.2. The summed E-state index contributed by atoms with van der Waals surface area (Å²) >= 11 is 0. The van der Waals surface area contributed by atoms with Crippen molar-refractivity contribution >= 4 is 0 Å². The van der Waals surface area contributed by atoms with Gasteiger partial charge in [0, 0.05) is 19.1 Å². The molecule has 5 saturated carbocycles. The zero-order valence-corrected chi connectivity index (χ0v) is 22.0. The lowest BCUT2D eigenvalue weighted by Crippen LogP contribution is -2.57. The van der Waals surface area contributed by atoms with Gasteiger partial charge in [-0.05, 0) is 116 Å². The van der Waals surface area contributed by atoms with E-state index < -0.39 is 0 Å². The summed E-state index contributed by atoms with van der Waals surface area (Å²) < 4.78 is 6.31. The summed E-state index contributed by atoms with van der Waals surface area (Å²) in [5.41, 5.74) is 1.66. The second-order valence-electron chi connectivity index (χ2n) is 13.8. The van der Waals surface area contributed by atoms with E-state index in [2.05, 4.69) is 34.6 Å². The highest BCUT2D eigenvalue weighted by atomic mass is 16.5. The Kier molecular flexibility index (Phi) is 6.10. The molecule has 184 valence electrons. The Morgan fingerprint density at radius 1 is 1.00 bits per heavy atom. The monoisotopic (exact) mass is 445 g/mol. The van der Waals surface area contributed by atoms with Gasteiger partial charge in [0.15, 0.2) is 0 Å². The average molecular weight is 446 g/mol. The molecule has 0 aromatic rings. The Morgan fingerprint density at radius 2 is 1.78 bits per heavy atom. The molecular weight excluding hydrogens is 393 g/mol. The maximum absolute atomic E-state index is 9.66. The fourth-order valence-corrected chi connectivity index (χ4v) is 11.3. The van der Waals surface area contributed by atoms with Crippen LogP contribution >= 0.6 is 0 Å². The Labute approximate surface area is 198 Å². The molecule has 0 bridgehead atoms. The summed E-state index contributed by atoms with van der Waals surface area (Å²) in [7, 11) is 2.02. The molecule has 5 fully saturated rings. The van der Waals surface area contributed by atoms with Crippen LogP contribution in [0.5, 0.6) is 0 Å². The predicted molar refractivity (Wildman–Crippen MR) is 132 cm³/mol. The van der Waals surface area contributed by atoms with Crippen molar-refractivity contribution < 1.29 is 9.84 Å². The normalized spacial score (nSPS) is 51.8. The molecule has 1 N–H and O–H groups in total. The Balaban J connectivity index is 1.31. The standard InChI is InChI=1S/C30H52O2/c1-7-21(20(3)18-31)9-8-19(2)24-10-11-25-23-16-27(32-6)30-17-22(30)12-15-29(30,5)26(23)13-14-28(24,25)4/h19-27,31H,7-18H2,1-6H3/t19-,20?,21+,22?,23+,24-,25+,26+,27-,28-,29-,30+/m1/s1/i3+1. The second-order valence-corrected chi connectivity index (χ2v) is 13.8. The minimum atomic E-state index is 0.348. The van der Waals surface area contributed by atoms with Gasteiger partial charge in [-0.1, -0.05) is 47.5 Å². The molecule has 2 heteroatoms. The van der Waals surface area contributed by atoms with Gasteiger partial charge in [-0.3, -0.25) is 0 Å². The molecule has 32 heavy (non-hydrogen) atoms. The maximum Gasteiger partial charge on any atom is 0.0638 e. The van der Waals surface area contributed by atoms with Gasteiger partial charge in [-0.2, -0.15) is 0 Å². The molecule has 0 heterocycles. The van der Waals surface area contributed by atoms with Crippen molar-refractivity contribution in [3.63, 3.8) is 0 Å². The predicted octanol–water partition coefficient (Wildman–Crippen LogP) is 7.34. The van der Waals surface area contributed by atoms with E-state index in [0.29, 0.717) is 40.8 Å². The van der Waals surface area contributed by atoms with Crippen LogP contribution in [0.15, 0.2) is 0 Å². The van der Waals surface area contributed by atoms with E-state index in [4.69, 9.17) is 4.74 Å². The van der Waals surface area contributed by atoms with Crippen molar-refractivity contribution in [2.45, 2.75) is 111 Å². The molecule has 12 atom stereocenters. The lowest BCUT2D eigenvalue weighted by molar-refractivity contribution is -0.161. The van der Waals surface area contributed by atoms with Crippen molar-refractivity contribution in [1.29, 1.82) is 0 Å². The molecule has 2 nitrogen and oxygen atoms in total. The smallest absolute Gasteiger partial charge is 0.0638 e. The fraction of sp³-hybridized carbons (Fsp3) is 1.00. The largest absolute Gasteiger partial charge is 0.396 e. The van der Waals surface area contributed by atoms with E-state index in [9.17, 15) is 5.11 Å². The molecule has 0 aliphatic heterocycles. The van der Waals surface area contributed by atoms with Gasteiger partial charge in [0.05, 0.1) is 6.10 Å². The first-order valence-corrected chi connectivity index (χ1v) is 14.4. The zero-order valence-electron chi connectivity index (χ0n) is 22.0. The minimum Gasteiger partial charge on any atom is -0.396 e. The number of rotatable bonds is 8. The number of hydrogen-bond donors (Lipinski definition) is 1. The molecule has 5 rings (SSSR count). The third kappa shape index (κ3) is 3.09. The highest BCUT2D eigenvalue weighted by Gasteiger charge is 2.77. The first-order valence-electron chi connectivity index (χ1n) is 14.4. The van der Waals surface area contributed by atoms with Crippen LogP contribution < -0.4 is 0 Å². The van der Waals surface area contributed by atoms with Crippen LogP contribution in [0.4, 0.5) is 0 Å². The van der Waals surface area contributed by atoms with E-state index in [0.717, 1.165) is 35.5 Å². The average Bonchev–Trinajstić information content (AvgIpc) is 3.29. The van der Waals surface area contributed by atoms with E-state index in [1.807, 2.05) is 7.11 Å². The number of aliphatic hydroxyl groups is 1. The van der Waals surface area contributed by atoms with Crippen LogP contribution in [0.2, 0.25) is 0 Å². The molecule has 5 aliphatic carbocycles. The number of hydrogen-bond acceptors (Lipinski definition) is 2. The van der Waals surface area contributed by atoms with Gasteiger partial charge >= 0.3 is 0 Å². The second kappa shape index (κ2) is 8.25. The van der Waals surface area contributed by atoms with Crippen molar-refractivity contribution in [2.75, 3.05) is 13.7 Å². The summed E-state index contributed by atoms with van der Waals surface area (Å²) in [5, 5.41) is 9.66. The van der Waals surface area contributed by atoms with E-state index in [1.165, 1.54) is 70.6 Å². The number of ether oxygens (including phenoxy) is 1. The van der Waals surface area contributed by atoms with Crippen molar-refractivity contribution in [3.05, 3.63) is 0 Å². The van der Waals surface area contributed by atoms with Crippen LogP contribution in [0.1, 0.15) is 105 Å². The highest BCUT2D eigenvalue weighted by molar-refractivity contribution is 5.26. The van der Waals surface area contributed by atoms with Crippen LogP contribution in [0.25, 0.3) is 0 Å². The van der Waals surface area contributed by atoms with Crippen molar-refractivity contribution in [3.8, 4) is 0 Å². The van der Waals surface area contributed by atoms with Gasteiger partial charge in [0.2, 0.25) is 0 Å². The zero-order chi connectivity index (χ0) is 22.9. The van der Waals surface area contributed by atoms with Gasteiger partial charge < -0.3 is 9.84 Å². The lowest BCUT2D eigenvalue weighted by Gasteiger charge is -2.61. The molecule has 2 unspecified atom stereocenters. The summed E-state index contributed by atoms with van der Waals surface area (Å²) in [4.78, 5) is 0. The van der Waals surface area contributed by atoms with Crippen LogP contribution in [-0.4, -0.2) is 24.9 Å². The quantitative estimate of drug-likeness (QED) is 0.396. The number of aliphatic hydroxyl groups excluding tert-OH is 1. The Bertz CT molecular complexity index is 690. The van der Waals surface area contributed by atoms with Gasteiger partial charge in [0.1, 0.15) is 0 Å². The SMILES string of the molecule is CC[C@@H](CC[C@@H](C)[C@H]1CC[C@H]2[C@@H]3C[C@@H](OC)[C@]45CC4CC[C@]5(C)[C@H]3CC[C@]12C)C([13CH3])CO.